The van der Waals surface area contributed by atoms with Crippen LogP contribution in [0.4, 0.5) is 0 Å². The molecule has 0 aromatic carbocycles. The molecule has 0 unspecified atom stereocenters. The molecule has 0 saturated carbocycles. The van der Waals surface area contributed by atoms with Gasteiger partial charge in [-0.1, -0.05) is 19.1 Å². The van der Waals surface area contributed by atoms with Crippen molar-refractivity contribution in [3.05, 3.63) is 11.4 Å². The van der Waals surface area contributed by atoms with E-state index >= 15 is 0 Å². The molecular weight excluding hydrogens is 216 g/mol. The van der Waals surface area contributed by atoms with Gasteiger partial charge in [-0.05, 0) is 19.9 Å². The summed E-state index contributed by atoms with van der Waals surface area (Å²) in [5.41, 5.74) is 2.24. The molecule has 0 radical (unpaired) electrons. The second kappa shape index (κ2) is 7.40. The minimum absolute atomic E-state index is 0.444. The molecule has 1 rings (SSSR count). The predicted molar refractivity (Wildman–Crippen MR) is 68.0 cm³/mol. The molecule has 17 heavy (non-hydrogen) atoms. The number of nitrogens with zero attached hydrogens (tertiary/aromatic N) is 3. The zero-order valence-electron chi connectivity index (χ0n) is 11.4. The lowest BCUT2D eigenvalue weighted by Gasteiger charge is -2.16. The fraction of sp³-hybridized carbons (Fsp3) is 0.833. The van der Waals surface area contributed by atoms with Crippen LogP contribution in [0.25, 0.3) is 0 Å². The third-order valence-electron chi connectivity index (χ3n) is 3.05. The van der Waals surface area contributed by atoms with Gasteiger partial charge in [0.2, 0.25) is 0 Å². The Kier molecular flexibility index (Phi) is 6.15. The Morgan fingerprint density at radius 1 is 1.35 bits per heavy atom. The average molecular weight is 240 g/mol. The fourth-order valence-electron chi connectivity index (χ4n) is 2.04. The molecule has 1 aromatic rings. The van der Waals surface area contributed by atoms with Gasteiger partial charge in [0.1, 0.15) is 0 Å². The van der Waals surface area contributed by atoms with E-state index in [0.717, 1.165) is 31.5 Å². The summed E-state index contributed by atoms with van der Waals surface area (Å²) >= 11 is 0. The van der Waals surface area contributed by atoms with Crippen LogP contribution in [0.15, 0.2) is 0 Å². The number of nitrogens with one attached hydrogen (secondary N) is 1. The summed E-state index contributed by atoms with van der Waals surface area (Å²) in [7, 11) is 3.65. The standard InChI is InChI=1S/C12H24N4O/c1-5-10(6-2)16-12(7-8-17-4)11(9-13-3)14-15-16/h10,13H,5-9H2,1-4H3. The molecule has 1 aromatic heterocycles. The summed E-state index contributed by atoms with van der Waals surface area (Å²) in [6.07, 6.45) is 3.04. The van der Waals surface area contributed by atoms with E-state index in [0.29, 0.717) is 12.6 Å². The topological polar surface area (TPSA) is 52.0 Å². The van der Waals surface area contributed by atoms with Crippen molar-refractivity contribution in [2.24, 2.45) is 0 Å². The van der Waals surface area contributed by atoms with Crippen molar-refractivity contribution in [2.45, 2.75) is 45.7 Å². The SMILES string of the molecule is CCC(CC)n1nnc(CNC)c1CCOC. The summed E-state index contributed by atoms with van der Waals surface area (Å²) in [4.78, 5) is 0. The maximum atomic E-state index is 5.16. The molecular formula is C12H24N4O. The lowest BCUT2D eigenvalue weighted by Crippen LogP contribution is -2.16. The molecule has 0 aliphatic carbocycles. The molecule has 0 aliphatic rings. The van der Waals surface area contributed by atoms with Crippen LogP contribution in [-0.4, -0.2) is 35.8 Å². The molecule has 1 N–H and O–H groups in total. The van der Waals surface area contributed by atoms with Gasteiger partial charge in [-0.3, -0.25) is 0 Å². The Labute approximate surface area is 104 Å². The van der Waals surface area contributed by atoms with E-state index in [9.17, 15) is 0 Å². The first kappa shape index (κ1) is 14.1. The van der Waals surface area contributed by atoms with Gasteiger partial charge >= 0.3 is 0 Å². The van der Waals surface area contributed by atoms with Gasteiger partial charge < -0.3 is 10.1 Å². The van der Waals surface area contributed by atoms with Crippen LogP contribution in [0.1, 0.15) is 44.1 Å². The smallest absolute Gasteiger partial charge is 0.0997 e. The van der Waals surface area contributed by atoms with E-state index in [1.54, 1.807) is 7.11 Å². The molecule has 0 atom stereocenters. The van der Waals surface area contributed by atoms with Gasteiger partial charge in [0, 0.05) is 20.1 Å². The lowest BCUT2D eigenvalue weighted by atomic mass is 10.1. The van der Waals surface area contributed by atoms with Crippen LogP contribution in [-0.2, 0) is 17.7 Å². The fourth-order valence-corrected chi connectivity index (χ4v) is 2.04. The predicted octanol–water partition coefficient (Wildman–Crippen LogP) is 1.55. The van der Waals surface area contributed by atoms with Crippen molar-refractivity contribution in [1.29, 1.82) is 0 Å². The van der Waals surface area contributed by atoms with E-state index in [2.05, 4.69) is 34.2 Å². The van der Waals surface area contributed by atoms with Gasteiger partial charge in [-0.2, -0.15) is 0 Å². The van der Waals surface area contributed by atoms with Crippen molar-refractivity contribution < 1.29 is 4.74 Å². The second-order valence-corrected chi connectivity index (χ2v) is 4.17. The van der Waals surface area contributed by atoms with Crippen molar-refractivity contribution >= 4 is 0 Å². The molecule has 5 nitrogen and oxygen atoms in total. The second-order valence-electron chi connectivity index (χ2n) is 4.17. The molecule has 0 saturated heterocycles. The van der Waals surface area contributed by atoms with E-state index in [-0.39, 0.29) is 0 Å². The summed E-state index contributed by atoms with van der Waals surface area (Å²) in [6, 6.07) is 0.444. The Bertz CT molecular complexity index is 320. The highest BCUT2D eigenvalue weighted by Crippen LogP contribution is 2.19. The Hall–Kier alpha value is -0.940. The lowest BCUT2D eigenvalue weighted by molar-refractivity contribution is 0.198. The molecule has 1 heterocycles. The van der Waals surface area contributed by atoms with E-state index < -0.39 is 0 Å². The number of rotatable bonds is 8. The normalized spacial score (nSPS) is 11.4. The quantitative estimate of drug-likeness (QED) is 0.749. The minimum atomic E-state index is 0.444. The maximum Gasteiger partial charge on any atom is 0.0997 e. The highest BCUT2D eigenvalue weighted by molar-refractivity contribution is 5.11. The van der Waals surface area contributed by atoms with Crippen molar-refractivity contribution in [3.63, 3.8) is 0 Å². The average Bonchev–Trinajstić information content (AvgIpc) is 2.72. The summed E-state index contributed by atoms with van der Waals surface area (Å²) < 4.78 is 7.24. The first-order valence-corrected chi connectivity index (χ1v) is 6.34. The Morgan fingerprint density at radius 2 is 2.06 bits per heavy atom. The number of methoxy groups -OCH3 is 1. The first-order valence-electron chi connectivity index (χ1n) is 6.34. The molecule has 5 heteroatoms. The Balaban J connectivity index is 2.94. The maximum absolute atomic E-state index is 5.16. The zero-order chi connectivity index (χ0) is 12.7. The molecule has 98 valence electrons. The third-order valence-corrected chi connectivity index (χ3v) is 3.05. The number of hydrogen-bond acceptors (Lipinski definition) is 4. The zero-order valence-corrected chi connectivity index (χ0v) is 11.4. The van der Waals surface area contributed by atoms with E-state index in [1.807, 2.05) is 7.05 Å². The van der Waals surface area contributed by atoms with Crippen LogP contribution in [0.2, 0.25) is 0 Å². The van der Waals surface area contributed by atoms with Crippen LogP contribution in [0.5, 0.6) is 0 Å². The van der Waals surface area contributed by atoms with Gasteiger partial charge in [0.05, 0.1) is 24.0 Å². The van der Waals surface area contributed by atoms with Crippen LogP contribution in [0.3, 0.4) is 0 Å². The van der Waals surface area contributed by atoms with Gasteiger partial charge in [-0.15, -0.1) is 5.10 Å². The third kappa shape index (κ3) is 3.51. The van der Waals surface area contributed by atoms with Crippen molar-refractivity contribution in [1.82, 2.24) is 20.3 Å². The van der Waals surface area contributed by atoms with Gasteiger partial charge in [0.25, 0.3) is 0 Å². The summed E-state index contributed by atoms with van der Waals surface area (Å²) in [5.74, 6) is 0. The van der Waals surface area contributed by atoms with Crippen molar-refractivity contribution in [2.75, 3.05) is 20.8 Å². The van der Waals surface area contributed by atoms with Crippen molar-refractivity contribution in [3.8, 4) is 0 Å². The van der Waals surface area contributed by atoms with Crippen LogP contribution >= 0.6 is 0 Å². The van der Waals surface area contributed by atoms with Gasteiger partial charge in [0.15, 0.2) is 0 Å². The first-order chi connectivity index (χ1) is 8.28. The van der Waals surface area contributed by atoms with Gasteiger partial charge in [-0.25, -0.2) is 4.68 Å². The monoisotopic (exact) mass is 240 g/mol. The van der Waals surface area contributed by atoms with E-state index in [1.165, 1.54) is 5.69 Å². The van der Waals surface area contributed by atoms with E-state index in [4.69, 9.17) is 4.74 Å². The largest absolute Gasteiger partial charge is 0.384 e. The number of aromatic nitrogens is 3. The molecule has 0 spiro atoms. The molecule has 0 aliphatic heterocycles. The molecule has 0 fully saturated rings. The summed E-state index contributed by atoms with van der Waals surface area (Å²) in [5, 5.41) is 11.7. The number of hydrogen-bond donors (Lipinski definition) is 1. The number of ether oxygens (including phenoxy) is 1. The molecule has 0 bridgehead atoms. The molecule has 0 amide bonds. The van der Waals surface area contributed by atoms with Crippen LogP contribution < -0.4 is 5.32 Å². The minimum Gasteiger partial charge on any atom is -0.384 e. The van der Waals surface area contributed by atoms with Crippen LogP contribution in [0, 0.1) is 0 Å². The highest BCUT2D eigenvalue weighted by Gasteiger charge is 2.17. The Morgan fingerprint density at radius 3 is 2.59 bits per heavy atom. The summed E-state index contributed by atoms with van der Waals surface area (Å²) in [6.45, 7) is 5.85. The highest BCUT2D eigenvalue weighted by atomic mass is 16.5.